The van der Waals surface area contributed by atoms with Crippen molar-refractivity contribution in [3.05, 3.63) is 70.5 Å². The van der Waals surface area contributed by atoms with E-state index in [4.69, 9.17) is 9.26 Å². The minimum Gasteiger partial charge on any atom is -0.454 e. The van der Waals surface area contributed by atoms with Gasteiger partial charge in [0.15, 0.2) is 12.4 Å². The second-order valence-corrected chi connectivity index (χ2v) is 5.90. The molecule has 1 aromatic carbocycles. The smallest absolute Gasteiger partial charge is 0.341 e. The van der Waals surface area contributed by atoms with Gasteiger partial charge in [-0.2, -0.15) is 0 Å². The topological polar surface area (TPSA) is 74.3 Å². The molecular weight excluding hydrogens is 339 g/mol. The molecule has 2 aromatic heterocycles. The lowest BCUT2D eigenvalue weighted by molar-refractivity contribution is 0.0470. The Hall–Kier alpha value is -3.22. The van der Waals surface area contributed by atoms with Crippen LogP contribution in [0.5, 0.6) is 0 Å². The molecule has 0 saturated heterocycles. The van der Waals surface area contributed by atoms with Gasteiger partial charge in [-0.25, -0.2) is 9.18 Å². The van der Waals surface area contributed by atoms with E-state index in [-0.39, 0.29) is 11.3 Å². The van der Waals surface area contributed by atoms with Crippen molar-refractivity contribution in [2.45, 2.75) is 20.8 Å². The quantitative estimate of drug-likeness (QED) is 0.516. The van der Waals surface area contributed by atoms with Crippen LogP contribution in [0.4, 0.5) is 4.39 Å². The van der Waals surface area contributed by atoms with Crippen LogP contribution in [0.2, 0.25) is 0 Å². The number of carbonyl (C=O) groups is 2. The average Bonchev–Trinajstić information content (AvgIpc) is 3.15. The van der Waals surface area contributed by atoms with E-state index in [1.165, 1.54) is 18.2 Å². The number of rotatable bonds is 5. The summed E-state index contributed by atoms with van der Waals surface area (Å²) in [5.41, 5.74) is 1.65. The monoisotopic (exact) mass is 356 g/mol. The van der Waals surface area contributed by atoms with Crippen LogP contribution in [0, 0.1) is 26.6 Å². The van der Waals surface area contributed by atoms with Gasteiger partial charge in [0.2, 0.25) is 5.78 Å². The van der Waals surface area contributed by atoms with Gasteiger partial charge in [-0.15, -0.1) is 0 Å². The number of hydrogen-bond acceptors (Lipinski definition) is 5. The van der Waals surface area contributed by atoms with Crippen molar-refractivity contribution in [3.8, 4) is 5.82 Å². The molecule has 134 valence electrons. The number of aromatic nitrogens is 2. The van der Waals surface area contributed by atoms with Crippen LogP contribution >= 0.6 is 0 Å². The third kappa shape index (κ3) is 3.28. The molecule has 0 amide bonds. The van der Waals surface area contributed by atoms with Gasteiger partial charge in [0.1, 0.15) is 11.6 Å². The largest absolute Gasteiger partial charge is 0.454 e. The third-order valence-electron chi connectivity index (χ3n) is 4.00. The number of nitrogens with zero attached hydrogens (tertiary/aromatic N) is 2. The summed E-state index contributed by atoms with van der Waals surface area (Å²) in [4.78, 5) is 24.4. The maximum atomic E-state index is 13.6. The van der Waals surface area contributed by atoms with Crippen LogP contribution < -0.4 is 0 Å². The molecule has 0 bridgehead atoms. The fourth-order valence-corrected chi connectivity index (χ4v) is 2.77. The van der Waals surface area contributed by atoms with Gasteiger partial charge in [-0.3, -0.25) is 9.36 Å². The molecule has 3 rings (SSSR count). The molecule has 0 aliphatic heterocycles. The Bertz CT molecular complexity index is 987. The number of aryl methyl sites for hydroxylation is 2. The van der Waals surface area contributed by atoms with E-state index in [1.807, 2.05) is 6.92 Å². The van der Waals surface area contributed by atoms with Gasteiger partial charge in [0, 0.05) is 23.0 Å². The van der Waals surface area contributed by atoms with Crippen molar-refractivity contribution in [3.63, 3.8) is 0 Å². The van der Waals surface area contributed by atoms with Crippen LogP contribution in [-0.4, -0.2) is 28.1 Å². The molecule has 0 saturated carbocycles. The van der Waals surface area contributed by atoms with Crippen LogP contribution in [0.1, 0.15) is 37.9 Å². The second kappa shape index (κ2) is 6.95. The van der Waals surface area contributed by atoms with Crippen LogP contribution in [0.15, 0.2) is 40.9 Å². The van der Waals surface area contributed by atoms with Gasteiger partial charge in [0.05, 0.1) is 5.56 Å². The predicted octanol–water partition coefficient (Wildman–Crippen LogP) is 3.57. The highest BCUT2D eigenvalue weighted by Gasteiger charge is 2.20. The summed E-state index contributed by atoms with van der Waals surface area (Å²) in [5.74, 6) is -0.727. The summed E-state index contributed by atoms with van der Waals surface area (Å²) in [6.07, 6.45) is 0. The van der Waals surface area contributed by atoms with Gasteiger partial charge < -0.3 is 9.26 Å². The lowest BCUT2D eigenvalue weighted by atomic mass is 10.1. The molecule has 0 aliphatic carbocycles. The normalized spacial score (nSPS) is 10.8. The molecule has 2 heterocycles. The Morgan fingerprint density at radius 3 is 2.54 bits per heavy atom. The maximum Gasteiger partial charge on any atom is 0.341 e. The zero-order chi connectivity index (χ0) is 18.8. The number of hydrogen-bond donors (Lipinski definition) is 0. The Kier molecular flexibility index (Phi) is 4.71. The molecule has 0 spiro atoms. The molecule has 0 aliphatic rings. The molecule has 0 unspecified atom stereocenters. The first-order chi connectivity index (χ1) is 12.4. The SMILES string of the molecule is Cc1cc(-n2c(C)cc(C(=O)COC(=O)c3ccccc3F)c2C)no1. The number of Topliss-reactive ketones (excluding diaryl/α,β-unsaturated/α-hetero) is 1. The van der Waals surface area contributed by atoms with E-state index >= 15 is 0 Å². The zero-order valence-corrected chi connectivity index (χ0v) is 14.6. The lowest BCUT2D eigenvalue weighted by Crippen LogP contribution is -2.16. The molecular formula is C19H17FN2O4. The van der Waals surface area contributed by atoms with Gasteiger partial charge >= 0.3 is 5.97 Å². The van der Waals surface area contributed by atoms with Crippen molar-refractivity contribution >= 4 is 11.8 Å². The first kappa shape index (κ1) is 17.6. The summed E-state index contributed by atoms with van der Waals surface area (Å²) < 4.78 is 25.4. The molecule has 3 aromatic rings. The third-order valence-corrected chi connectivity index (χ3v) is 4.00. The van der Waals surface area contributed by atoms with Gasteiger partial charge in [0.25, 0.3) is 0 Å². The Morgan fingerprint density at radius 1 is 1.15 bits per heavy atom. The van der Waals surface area contributed by atoms with Crippen molar-refractivity contribution in [1.82, 2.24) is 9.72 Å². The Labute approximate surface area is 149 Å². The number of esters is 1. The second-order valence-electron chi connectivity index (χ2n) is 5.90. The summed E-state index contributed by atoms with van der Waals surface area (Å²) in [5, 5.41) is 3.95. The minimum absolute atomic E-state index is 0.205. The van der Waals surface area contributed by atoms with Crippen LogP contribution in [-0.2, 0) is 4.74 Å². The lowest BCUT2D eigenvalue weighted by Gasteiger charge is -2.06. The van der Waals surface area contributed by atoms with E-state index in [2.05, 4.69) is 5.16 Å². The van der Waals surface area contributed by atoms with Crippen LogP contribution in [0.25, 0.3) is 5.82 Å². The standard InChI is InChI=1S/C19H17FN2O4/c1-11-8-15(13(3)22(11)18-9-12(2)26-21-18)17(23)10-25-19(24)14-6-4-5-7-16(14)20/h4-9H,10H2,1-3H3. The van der Waals surface area contributed by atoms with Crippen molar-refractivity contribution in [1.29, 1.82) is 0 Å². The average molecular weight is 356 g/mol. The van der Waals surface area contributed by atoms with E-state index in [1.54, 1.807) is 30.5 Å². The summed E-state index contributed by atoms with van der Waals surface area (Å²) in [6, 6.07) is 8.91. The zero-order valence-electron chi connectivity index (χ0n) is 14.6. The van der Waals surface area contributed by atoms with E-state index in [0.717, 1.165) is 11.8 Å². The molecule has 0 N–H and O–H groups in total. The molecule has 7 heteroatoms. The molecule has 0 fully saturated rings. The van der Waals surface area contributed by atoms with E-state index in [0.29, 0.717) is 22.8 Å². The Morgan fingerprint density at radius 2 is 1.88 bits per heavy atom. The predicted molar refractivity (Wildman–Crippen MR) is 91.1 cm³/mol. The maximum absolute atomic E-state index is 13.6. The molecule has 0 atom stereocenters. The fraction of sp³-hybridized carbons (Fsp3) is 0.211. The van der Waals surface area contributed by atoms with Crippen molar-refractivity contribution < 1.29 is 23.2 Å². The summed E-state index contributed by atoms with van der Waals surface area (Å²) in [7, 11) is 0. The van der Waals surface area contributed by atoms with Crippen molar-refractivity contribution in [2.24, 2.45) is 0 Å². The highest BCUT2D eigenvalue weighted by molar-refractivity contribution is 6.00. The van der Waals surface area contributed by atoms with Gasteiger partial charge in [-0.05, 0) is 39.0 Å². The fourth-order valence-electron chi connectivity index (χ4n) is 2.77. The van der Waals surface area contributed by atoms with Crippen molar-refractivity contribution in [2.75, 3.05) is 6.61 Å². The minimum atomic E-state index is -0.877. The highest BCUT2D eigenvalue weighted by atomic mass is 19.1. The molecule has 26 heavy (non-hydrogen) atoms. The first-order valence-electron chi connectivity index (χ1n) is 7.96. The first-order valence-corrected chi connectivity index (χ1v) is 7.96. The number of carbonyl (C=O) groups excluding carboxylic acids is 2. The highest BCUT2D eigenvalue weighted by Crippen LogP contribution is 2.21. The summed E-state index contributed by atoms with van der Waals surface area (Å²) >= 11 is 0. The number of benzene rings is 1. The number of halogens is 1. The Balaban J connectivity index is 1.77. The molecule has 0 radical (unpaired) electrons. The molecule has 6 nitrogen and oxygen atoms in total. The van der Waals surface area contributed by atoms with E-state index in [9.17, 15) is 14.0 Å². The van der Waals surface area contributed by atoms with Gasteiger partial charge in [-0.1, -0.05) is 17.3 Å². The van der Waals surface area contributed by atoms with E-state index < -0.39 is 18.4 Å². The number of ether oxygens (including phenoxy) is 1. The number of ketones is 1. The summed E-state index contributed by atoms with van der Waals surface area (Å²) in [6.45, 7) is 4.90. The van der Waals surface area contributed by atoms with Crippen LogP contribution in [0.3, 0.4) is 0 Å².